The predicted molar refractivity (Wildman–Crippen MR) is 95.0 cm³/mol. The van der Waals surface area contributed by atoms with Gasteiger partial charge in [0.25, 0.3) is 5.91 Å². The fourth-order valence-electron chi connectivity index (χ4n) is 3.44. The van der Waals surface area contributed by atoms with Gasteiger partial charge in [-0.15, -0.1) is 0 Å². The Morgan fingerprint density at radius 2 is 1.84 bits per heavy atom. The summed E-state index contributed by atoms with van der Waals surface area (Å²) >= 11 is 0. The van der Waals surface area contributed by atoms with E-state index in [1.807, 2.05) is 37.3 Å². The number of rotatable bonds is 2. The Hall–Kier alpha value is -3.21. The number of para-hydroxylation sites is 2. The lowest BCUT2D eigenvalue weighted by Gasteiger charge is -2.19. The lowest BCUT2D eigenvalue weighted by molar-refractivity contribution is -0.138. The second-order valence-electron chi connectivity index (χ2n) is 6.19. The summed E-state index contributed by atoms with van der Waals surface area (Å²) in [7, 11) is 0. The largest absolute Gasteiger partial charge is 0.481 e. The van der Waals surface area contributed by atoms with Crippen molar-refractivity contribution in [2.24, 2.45) is 0 Å². The summed E-state index contributed by atoms with van der Waals surface area (Å²) in [6.07, 6.45) is 0. The van der Waals surface area contributed by atoms with Gasteiger partial charge in [-0.2, -0.15) is 0 Å². The van der Waals surface area contributed by atoms with Crippen molar-refractivity contribution < 1.29 is 14.7 Å². The summed E-state index contributed by atoms with van der Waals surface area (Å²) in [5.41, 5.74) is 3.40. The molecule has 1 amide bonds. The summed E-state index contributed by atoms with van der Waals surface area (Å²) in [6, 6.07) is 16.4. The molecule has 1 aromatic heterocycles. The number of pyridine rings is 1. The summed E-state index contributed by atoms with van der Waals surface area (Å²) in [4.78, 5) is 30.9. The minimum absolute atomic E-state index is 0.142. The van der Waals surface area contributed by atoms with Crippen LogP contribution in [-0.2, 0) is 4.79 Å². The van der Waals surface area contributed by atoms with Crippen LogP contribution in [0.1, 0.15) is 27.5 Å². The van der Waals surface area contributed by atoms with Gasteiger partial charge in [0.05, 0.1) is 11.1 Å². The molecule has 0 unspecified atom stereocenters. The molecule has 0 radical (unpaired) electrons. The van der Waals surface area contributed by atoms with Crippen LogP contribution >= 0.6 is 0 Å². The third-order valence-corrected chi connectivity index (χ3v) is 4.59. The van der Waals surface area contributed by atoms with Gasteiger partial charge in [-0.1, -0.05) is 36.4 Å². The molecule has 0 spiro atoms. The Kier molecular flexibility index (Phi) is 3.50. The van der Waals surface area contributed by atoms with Crippen molar-refractivity contribution in [3.8, 4) is 0 Å². The first-order valence-corrected chi connectivity index (χ1v) is 8.06. The first-order chi connectivity index (χ1) is 12.1. The fraction of sp³-hybridized carbons (Fsp3) is 0.150. The van der Waals surface area contributed by atoms with Crippen LogP contribution in [0.15, 0.2) is 54.6 Å². The molecule has 2 aromatic carbocycles. The van der Waals surface area contributed by atoms with Gasteiger partial charge in [-0.25, -0.2) is 0 Å². The second-order valence-corrected chi connectivity index (χ2v) is 6.19. The number of carbonyl (C=O) groups excluding carboxylic acids is 1. The number of fused-ring (bicyclic) bond motifs is 2. The predicted octanol–water partition coefficient (Wildman–Crippen LogP) is 3.37. The van der Waals surface area contributed by atoms with Crippen molar-refractivity contribution in [1.29, 1.82) is 0 Å². The summed E-state index contributed by atoms with van der Waals surface area (Å²) in [5.74, 6) is -1.81. The number of hydrogen-bond acceptors (Lipinski definition) is 3. The van der Waals surface area contributed by atoms with Gasteiger partial charge in [0.2, 0.25) is 0 Å². The van der Waals surface area contributed by atoms with Crippen molar-refractivity contribution in [2.75, 3.05) is 11.4 Å². The molecule has 4 rings (SSSR count). The molecule has 1 aliphatic rings. The number of carboxylic acid groups (broad SMARTS) is 1. The number of benzene rings is 2. The minimum Gasteiger partial charge on any atom is -0.481 e. The van der Waals surface area contributed by atoms with E-state index in [1.54, 1.807) is 29.2 Å². The standard InChI is InChI=1S/C20H16N2O3/c1-12-10-15(13-6-2-4-8-17(13)21-12)19(23)22-11-16(20(24)25)14-7-3-5-9-18(14)22/h2-10,16H,11H2,1H3,(H,24,25)/t16-/m0/s1. The summed E-state index contributed by atoms with van der Waals surface area (Å²) in [5, 5.41) is 10.3. The molecule has 5 heteroatoms. The van der Waals surface area contributed by atoms with Crippen LogP contribution in [0.4, 0.5) is 5.69 Å². The minimum atomic E-state index is -0.918. The van der Waals surface area contributed by atoms with E-state index >= 15 is 0 Å². The van der Waals surface area contributed by atoms with E-state index in [-0.39, 0.29) is 12.5 Å². The molecule has 1 N–H and O–H groups in total. The second kappa shape index (κ2) is 5.70. The SMILES string of the molecule is Cc1cc(C(=O)N2C[C@H](C(=O)O)c3ccccc32)c2ccccc2n1. The molecule has 2 heterocycles. The number of hydrogen-bond donors (Lipinski definition) is 1. The van der Waals surface area contributed by atoms with E-state index in [0.717, 1.165) is 16.6 Å². The molecular formula is C20H16N2O3. The average molecular weight is 332 g/mol. The molecule has 0 saturated heterocycles. The van der Waals surface area contributed by atoms with Gasteiger partial charge in [-0.3, -0.25) is 14.6 Å². The fourth-order valence-corrected chi connectivity index (χ4v) is 3.44. The van der Waals surface area contributed by atoms with Crippen LogP contribution < -0.4 is 4.90 Å². The molecule has 0 aliphatic carbocycles. The van der Waals surface area contributed by atoms with Gasteiger partial charge < -0.3 is 10.0 Å². The normalized spacial score (nSPS) is 16.0. The number of amides is 1. The van der Waals surface area contributed by atoms with Gasteiger partial charge in [-0.05, 0) is 30.7 Å². The van der Waals surface area contributed by atoms with Crippen LogP contribution in [-0.4, -0.2) is 28.5 Å². The maximum Gasteiger partial charge on any atom is 0.312 e. The number of nitrogens with zero attached hydrogens (tertiary/aromatic N) is 2. The van der Waals surface area contributed by atoms with E-state index in [1.165, 1.54) is 0 Å². The molecule has 25 heavy (non-hydrogen) atoms. The monoisotopic (exact) mass is 332 g/mol. The Morgan fingerprint density at radius 3 is 2.64 bits per heavy atom. The van der Waals surface area contributed by atoms with E-state index < -0.39 is 11.9 Å². The molecule has 3 aromatic rings. The van der Waals surface area contributed by atoms with Gasteiger partial charge in [0.15, 0.2) is 0 Å². The third kappa shape index (κ3) is 2.45. The number of aromatic nitrogens is 1. The Labute approximate surface area is 144 Å². The van der Waals surface area contributed by atoms with Crippen molar-refractivity contribution in [2.45, 2.75) is 12.8 Å². The number of aryl methyl sites for hydroxylation is 1. The van der Waals surface area contributed by atoms with Gasteiger partial charge in [0, 0.05) is 23.3 Å². The quantitative estimate of drug-likeness (QED) is 0.781. The van der Waals surface area contributed by atoms with E-state index in [2.05, 4.69) is 4.98 Å². The molecule has 5 nitrogen and oxygen atoms in total. The van der Waals surface area contributed by atoms with Crippen LogP contribution in [0.2, 0.25) is 0 Å². The maximum atomic E-state index is 13.2. The zero-order chi connectivity index (χ0) is 17.6. The van der Waals surface area contributed by atoms with Crippen LogP contribution in [0.5, 0.6) is 0 Å². The molecule has 0 saturated carbocycles. The lowest BCUT2D eigenvalue weighted by Crippen LogP contribution is -2.31. The van der Waals surface area contributed by atoms with Crippen LogP contribution in [0.25, 0.3) is 10.9 Å². The van der Waals surface area contributed by atoms with Crippen molar-refractivity contribution in [3.63, 3.8) is 0 Å². The first kappa shape index (κ1) is 15.3. The molecule has 0 fully saturated rings. The zero-order valence-corrected chi connectivity index (χ0v) is 13.6. The number of carbonyl (C=O) groups is 2. The van der Waals surface area contributed by atoms with Crippen molar-refractivity contribution in [1.82, 2.24) is 4.98 Å². The van der Waals surface area contributed by atoms with Crippen molar-refractivity contribution in [3.05, 3.63) is 71.4 Å². The lowest BCUT2D eigenvalue weighted by atomic mass is 10.0. The highest BCUT2D eigenvalue weighted by Crippen LogP contribution is 2.37. The van der Waals surface area contributed by atoms with E-state index in [4.69, 9.17) is 0 Å². The van der Waals surface area contributed by atoms with E-state index in [9.17, 15) is 14.7 Å². The van der Waals surface area contributed by atoms with Crippen molar-refractivity contribution >= 4 is 28.5 Å². The molecule has 124 valence electrons. The molecular weight excluding hydrogens is 316 g/mol. The molecule has 0 bridgehead atoms. The number of carboxylic acids is 1. The van der Waals surface area contributed by atoms with Gasteiger partial charge >= 0.3 is 5.97 Å². The highest BCUT2D eigenvalue weighted by atomic mass is 16.4. The highest BCUT2D eigenvalue weighted by molar-refractivity contribution is 6.15. The topological polar surface area (TPSA) is 70.5 Å². The summed E-state index contributed by atoms with van der Waals surface area (Å²) < 4.78 is 0. The first-order valence-electron chi connectivity index (χ1n) is 8.06. The van der Waals surface area contributed by atoms with Gasteiger partial charge in [0.1, 0.15) is 5.92 Å². The van der Waals surface area contributed by atoms with Crippen LogP contribution in [0, 0.1) is 6.92 Å². The number of aliphatic carboxylic acids is 1. The summed E-state index contributed by atoms with van der Waals surface area (Å²) in [6.45, 7) is 1.99. The molecule has 1 aliphatic heterocycles. The Morgan fingerprint density at radius 1 is 1.12 bits per heavy atom. The Bertz CT molecular complexity index is 1010. The smallest absolute Gasteiger partial charge is 0.312 e. The maximum absolute atomic E-state index is 13.2. The zero-order valence-electron chi connectivity index (χ0n) is 13.6. The Balaban J connectivity index is 1.84. The average Bonchev–Trinajstić information content (AvgIpc) is 3.00. The molecule has 1 atom stereocenters. The van der Waals surface area contributed by atoms with Crippen LogP contribution in [0.3, 0.4) is 0 Å². The highest BCUT2D eigenvalue weighted by Gasteiger charge is 2.37. The third-order valence-electron chi connectivity index (χ3n) is 4.59. The number of anilines is 1. The van der Waals surface area contributed by atoms with E-state index in [0.29, 0.717) is 16.8 Å².